The first-order valence-electron chi connectivity index (χ1n) is 3.05. The average molecular weight is 114 g/mol. The van der Waals surface area contributed by atoms with Crippen molar-refractivity contribution in [1.29, 1.82) is 0 Å². The number of aliphatic hydroxyl groups is 1. The lowest BCUT2D eigenvalue weighted by atomic mass is 10.2. The SMILES string of the molecule is [CH2]NC1CCC[C@@H]1O. The van der Waals surface area contributed by atoms with Crippen molar-refractivity contribution >= 4 is 0 Å². The largest absolute Gasteiger partial charge is 0.392 e. The first kappa shape index (κ1) is 6.05. The number of rotatable bonds is 1. The van der Waals surface area contributed by atoms with Gasteiger partial charge in [-0.3, -0.25) is 0 Å². The summed E-state index contributed by atoms with van der Waals surface area (Å²) in [6.45, 7) is 0. The standard InChI is InChI=1S/C6H12NO/c1-7-5-3-2-4-6(5)8/h5-8H,1-4H2/t5?,6-/m0/s1. The molecule has 2 nitrogen and oxygen atoms in total. The fourth-order valence-electron chi connectivity index (χ4n) is 1.18. The van der Waals surface area contributed by atoms with Crippen LogP contribution in [0.5, 0.6) is 0 Å². The quantitative estimate of drug-likeness (QED) is 0.513. The van der Waals surface area contributed by atoms with E-state index in [-0.39, 0.29) is 12.1 Å². The Labute approximate surface area is 49.9 Å². The molecule has 0 aromatic carbocycles. The Morgan fingerprint density at radius 2 is 2.25 bits per heavy atom. The molecule has 0 bridgehead atoms. The van der Waals surface area contributed by atoms with Crippen molar-refractivity contribution < 1.29 is 5.11 Å². The molecular formula is C6H12NO. The van der Waals surface area contributed by atoms with Crippen molar-refractivity contribution in [3.63, 3.8) is 0 Å². The summed E-state index contributed by atoms with van der Waals surface area (Å²) in [5.74, 6) is 0. The van der Waals surface area contributed by atoms with Crippen molar-refractivity contribution in [2.75, 3.05) is 0 Å². The second kappa shape index (κ2) is 2.46. The van der Waals surface area contributed by atoms with Gasteiger partial charge in [-0.05, 0) is 19.3 Å². The summed E-state index contributed by atoms with van der Waals surface area (Å²) < 4.78 is 0. The number of hydrogen-bond acceptors (Lipinski definition) is 2. The third-order valence-corrected chi connectivity index (χ3v) is 1.74. The highest BCUT2D eigenvalue weighted by Crippen LogP contribution is 2.17. The molecule has 0 heterocycles. The van der Waals surface area contributed by atoms with Crippen LogP contribution in [0.3, 0.4) is 0 Å². The molecule has 0 aromatic heterocycles. The summed E-state index contributed by atoms with van der Waals surface area (Å²) in [7, 11) is 3.51. The minimum atomic E-state index is -0.146. The van der Waals surface area contributed by atoms with Gasteiger partial charge in [-0.1, -0.05) is 0 Å². The van der Waals surface area contributed by atoms with Crippen molar-refractivity contribution in [1.82, 2.24) is 5.32 Å². The highest BCUT2D eigenvalue weighted by Gasteiger charge is 2.22. The number of nitrogens with one attached hydrogen (secondary N) is 1. The monoisotopic (exact) mass is 114 g/mol. The van der Waals surface area contributed by atoms with Crippen LogP contribution >= 0.6 is 0 Å². The van der Waals surface area contributed by atoms with E-state index in [0.717, 1.165) is 19.3 Å². The van der Waals surface area contributed by atoms with Crippen LogP contribution in [-0.4, -0.2) is 17.3 Å². The zero-order chi connectivity index (χ0) is 5.98. The van der Waals surface area contributed by atoms with Crippen LogP contribution in [0.1, 0.15) is 19.3 Å². The fraction of sp³-hybridized carbons (Fsp3) is 0.833. The van der Waals surface area contributed by atoms with Crippen LogP contribution in [0.4, 0.5) is 0 Å². The zero-order valence-corrected chi connectivity index (χ0v) is 4.93. The molecule has 0 amide bonds. The topological polar surface area (TPSA) is 32.3 Å². The second-order valence-electron chi connectivity index (χ2n) is 2.31. The van der Waals surface area contributed by atoms with Gasteiger partial charge in [0.1, 0.15) is 0 Å². The van der Waals surface area contributed by atoms with Crippen molar-refractivity contribution in [2.45, 2.75) is 31.4 Å². The Hall–Kier alpha value is -0.0800. The molecule has 1 saturated carbocycles. The van der Waals surface area contributed by atoms with E-state index in [1.54, 1.807) is 0 Å². The lowest BCUT2D eigenvalue weighted by Gasteiger charge is -2.11. The molecule has 47 valence electrons. The van der Waals surface area contributed by atoms with Gasteiger partial charge in [-0.15, -0.1) is 0 Å². The van der Waals surface area contributed by atoms with Gasteiger partial charge in [0.05, 0.1) is 6.10 Å². The van der Waals surface area contributed by atoms with Crippen LogP contribution in [0.25, 0.3) is 0 Å². The van der Waals surface area contributed by atoms with E-state index >= 15 is 0 Å². The first-order chi connectivity index (χ1) is 3.84. The van der Waals surface area contributed by atoms with Crippen LogP contribution in [0.15, 0.2) is 0 Å². The van der Waals surface area contributed by atoms with E-state index in [2.05, 4.69) is 12.4 Å². The first-order valence-corrected chi connectivity index (χ1v) is 3.05. The molecular weight excluding hydrogens is 102 g/mol. The Bertz CT molecular complexity index is 74.9. The Morgan fingerprint density at radius 1 is 1.50 bits per heavy atom. The molecule has 0 aliphatic heterocycles. The molecule has 0 aromatic rings. The third kappa shape index (κ3) is 1.01. The highest BCUT2D eigenvalue weighted by atomic mass is 16.3. The number of hydrogen-bond donors (Lipinski definition) is 2. The average Bonchev–Trinajstić information content (AvgIpc) is 2.14. The van der Waals surface area contributed by atoms with Gasteiger partial charge >= 0.3 is 0 Å². The smallest absolute Gasteiger partial charge is 0.0693 e. The Balaban J connectivity index is 2.30. The molecule has 8 heavy (non-hydrogen) atoms. The maximum absolute atomic E-state index is 9.09. The lowest BCUT2D eigenvalue weighted by molar-refractivity contribution is 0.155. The van der Waals surface area contributed by atoms with Crippen LogP contribution < -0.4 is 5.32 Å². The second-order valence-corrected chi connectivity index (χ2v) is 2.31. The van der Waals surface area contributed by atoms with Gasteiger partial charge in [-0.25, -0.2) is 0 Å². The van der Waals surface area contributed by atoms with E-state index < -0.39 is 0 Å². The van der Waals surface area contributed by atoms with Crippen molar-refractivity contribution in [3.8, 4) is 0 Å². The molecule has 1 rings (SSSR count). The van der Waals surface area contributed by atoms with Crippen LogP contribution in [0.2, 0.25) is 0 Å². The van der Waals surface area contributed by atoms with Crippen LogP contribution in [-0.2, 0) is 0 Å². The zero-order valence-electron chi connectivity index (χ0n) is 4.93. The maximum atomic E-state index is 9.09. The van der Waals surface area contributed by atoms with Gasteiger partial charge in [0.2, 0.25) is 0 Å². The molecule has 2 atom stereocenters. The minimum absolute atomic E-state index is 0.146. The van der Waals surface area contributed by atoms with Crippen LogP contribution in [0, 0.1) is 7.05 Å². The molecule has 1 unspecified atom stereocenters. The summed E-state index contributed by atoms with van der Waals surface area (Å²) in [5.41, 5.74) is 0. The molecule has 1 fully saturated rings. The van der Waals surface area contributed by atoms with E-state index in [4.69, 9.17) is 5.11 Å². The molecule has 2 N–H and O–H groups in total. The minimum Gasteiger partial charge on any atom is -0.392 e. The van der Waals surface area contributed by atoms with Gasteiger partial charge < -0.3 is 10.4 Å². The molecule has 0 saturated heterocycles. The fourth-order valence-corrected chi connectivity index (χ4v) is 1.18. The third-order valence-electron chi connectivity index (χ3n) is 1.74. The van der Waals surface area contributed by atoms with Gasteiger partial charge in [0.25, 0.3) is 0 Å². The van der Waals surface area contributed by atoms with Crippen molar-refractivity contribution in [2.24, 2.45) is 0 Å². The summed E-state index contributed by atoms with van der Waals surface area (Å²) in [4.78, 5) is 0. The Morgan fingerprint density at radius 3 is 2.50 bits per heavy atom. The summed E-state index contributed by atoms with van der Waals surface area (Å²) in [5, 5.41) is 11.9. The molecule has 1 aliphatic rings. The van der Waals surface area contributed by atoms with Crippen molar-refractivity contribution in [3.05, 3.63) is 7.05 Å². The van der Waals surface area contributed by atoms with E-state index in [0.29, 0.717) is 0 Å². The summed E-state index contributed by atoms with van der Waals surface area (Å²) >= 11 is 0. The van der Waals surface area contributed by atoms with E-state index in [1.165, 1.54) is 0 Å². The van der Waals surface area contributed by atoms with E-state index in [1.807, 2.05) is 0 Å². The predicted octanol–water partition coefficient (Wildman–Crippen LogP) is 0.281. The van der Waals surface area contributed by atoms with Gasteiger partial charge in [-0.2, -0.15) is 0 Å². The Kier molecular flexibility index (Phi) is 1.86. The maximum Gasteiger partial charge on any atom is 0.0693 e. The van der Waals surface area contributed by atoms with Gasteiger partial charge in [0.15, 0.2) is 0 Å². The summed E-state index contributed by atoms with van der Waals surface area (Å²) in [6.07, 6.45) is 3.00. The lowest BCUT2D eigenvalue weighted by Crippen LogP contribution is -2.30. The van der Waals surface area contributed by atoms with E-state index in [9.17, 15) is 0 Å². The predicted molar refractivity (Wildman–Crippen MR) is 32.1 cm³/mol. The highest BCUT2D eigenvalue weighted by molar-refractivity contribution is 4.81. The molecule has 0 spiro atoms. The molecule has 1 radical (unpaired) electrons. The number of aliphatic hydroxyl groups excluding tert-OH is 1. The normalized spacial score (nSPS) is 38.2. The van der Waals surface area contributed by atoms with Gasteiger partial charge in [0, 0.05) is 13.1 Å². The molecule has 1 aliphatic carbocycles. The summed E-state index contributed by atoms with van der Waals surface area (Å²) in [6, 6.07) is 0.259. The molecule has 2 heteroatoms.